The fraction of sp³-hybridized carbons (Fsp3) is 0.556. The second kappa shape index (κ2) is 5.70. The first-order chi connectivity index (χ1) is 6.68. The van der Waals surface area contributed by atoms with E-state index >= 15 is 0 Å². The van der Waals surface area contributed by atoms with Crippen LogP contribution in [0.5, 0.6) is 0 Å². The molecule has 1 aromatic heterocycles. The zero-order valence-electron chi connectivity index (χ0n) is 8.49. The molecular weight excluding hydrogens is 198 g/mol. The van der Waals surface area contributed by atoms with Gasteiger partial charge in [0.1, 0.15) is 12.1 Å². The van der Waals surface area contributed by atoms with Crippen molar-refractivity contribution in [2.75, 3.05) is 23.9 Å². The van der Waals surface area contributed by atoms with Crippen molar-refractivity contribution in [3.8, 4) is 0 Å². The maximum atomic E-state index is 10.8. The average molecular weight is 213 g/mol. The molecule has 1 aromatic rings. The summed E-state index contributed by atoms with van der Waals surface area (Å²) in [5.41, 5.74) is 0.946. The first-order valence-corrected chi connectivity index (χ1v) is 6.24. The monoisotopic (exact) mass is 213 g/mol. The molecule has 0 aromatic carbocycles. The molecule has 1 unspecified atom stereocenters. The maximum Gasteiger partial charge on any atom is 0.129 e. The number of aryl methyl sites for hydroxylation is 1. The van der Waals surface area contributed by atoms with Crippen LogP contribution in [-0.4, -0.2) is 32.7 Å². The van der Waals surface area contributed by atoms with Crippen LogP contribution in [0.1, 0.15) is 12.1 Å². The summed E-state index contributed by atoms with van der Waals surface area (Å²) in [5, 5.41) is 3.16. The minimum atomic E-state index is -0.701. The Balaban J connectivity index is 2.28. The number of nitrogens with zero attached hydrogens (tertiary/aromatic N) is 2. The van der Waals surface area contributed by atoms with Gasteiger partial charge in [0, 0.05) is 41.1 Å². The van der Waals surface area contributed by atoms with E-state index < -0.39 is 10.8 Å². The predicted molar refractivity (Wildman–Crippen MR) is 58.8 cm³/mol. The Morgan fingerprint density at radius 2 is 2.29 bits per heavy atom. The Hall–Kier alpha value is -0.970. The molecule has 0 aliphatic heterocycles. The molecule has 0 aliphatic rings. The number of nitrogens with one attached hydrogen (secondary N) is 1. The fourth-order valence-electron chi connectivity index (χ4n) is 1.04. The zero-order valence-corrected chi connectivity index (χ0v) is 9.30. The van der Waals surface area contributed by atoms with Gasteiger partial charge in [-0.05, 0) is 13.3 Å². The number of hydrogen-bond acceptors (Lipinski definition) is 4. The quantitative estimate of drug-likeness (QED) is 0.740. The van der Waals surface area contributed by atoms with E-state index in [-0.39, 0.29) is 0 Å². The van der Waals surface area contributed by atoms with Crippen LogP contribution < -0.4 is 5.32 Å². The van der Waals surface area contributed by atoms with Crippen LogP contribution in [0.15, 0.2) is 12.4 Å². The molecule has 0 aliphatic carbocycles. The summed E-state index contributed by atoms with van der Waals surface area (Å²) in [6.07, 6.45) is 4.15. The lowest BCUT2D eigenvalue weighted by molar-refractivity contribution is 0.685. The van der Waals surface area contributed by atoms with E-state index in [1.807, 2.05) is 13.0 Å². The van der Waals surface area contributed by atoms with Gasteiger partial charge in [-0.15, -0.1) is 0 Å². The smallest absolute Gasteiger partial charge is 0.129 e. The highest BCUT2D eigenvalue weighted by Crippen LogP contribution is 2.02. The lowest BCUT2D eigenvalue weighted by Crippen LogP contribution is -2.07. The molecule has 0 amide bonds. The minimum Gasteiger partial charge on any atom is -0.370 e. The van der Waals surface area contributed by atoms with Gasteiger partial charge >= 0.3 is 0 Å². The molecule has 0 bridgehead atoms. The minimum absolute atomic E-state index is 0.701. The number of aromatic nitrogens is 2. The molecule has 1 N–H and O–H groups in total. The van der Waals surface area contributed by atoms with Crippen LogP contribution in [0.4, 0.5) is 5.82 Å². The normalized spacial score (nSPS) is 12.4. The maximum absolute atomic E-state index is 10.8. The third-order valence-electron chi connectivity index (χ3n) is 1.72. The van der Waals surface area contributed by atoms with Crippen molar-refractivity contribution in [2.45, 2.75) is 13.3 Å². The molecule has 78 valence electrons. The molecule has 1 heterocycles. The fourth-order valence-corrected chi connectivity index (χ4v) is 1.59. The van der Waals surface area contributed by atoms with Gasteiger partial charge in [-0.2, -0.15) is 0 Å². The highest BCUT2D eigenvalue weighted by Gasteiger charge is 1.95. The summed E-state index contributed by atoms with van der Waals surface area (Å²) in [5.74, 6) is 1.57. The zero-order chi connectivity index (χ0) is 10.4. The highest BCUT2D eigenvalue weighted by atomic mass is 32.2. The van der Waals surface area contributed by atoms with Crippen LogP contribution in [0.2, 0.25) is 0 Å². The SMILES string of the molecule is Cc1cc(NCCCS(C)=O)ncn1. The Labute approximate surface area is 86.6 Å². The summed E-state index contributed by atoms with van der Waals surface area (Å²) in [6, 6.07) is 1.89. The summed E-state index contributed by atoms with van der Waals surface area (Å²) in [7, 11) is -0.701. The van der Waals surface area contributed by atoms with Gasteiger partial charge in [-0.1, -0.05) is 0 Å². The standard InChI is InChI=1S/C9H15N3OS/c1-8-6-9(12-7-11-8)10-4-3-5-14(2)13/h6-7H,3-5H2,1-2H3,(H,10,11,12). The van der Waals surface area contributed by atoms with Gasteiger partial charge in [0.2, 0.25) is 0 Å². The van der Waals surface area contributed by atoms with E-state index in [0.29, 0.717) is 0 Å². The second-order valence-electron chi connectivity index (χ2n) is 3.10. The molecule has 0 fully saturated rings. The summed E-state index contributed by atoms with van der Waals surface area (Å²) < 4.78 is 10.8. The molecule has 14 heavy (non-hydrogen) atoms. The summed E-state index contributed by atoms with van der Waals surface area (Å²) in [4.78, 5) is 8.05. The topological polar surface area (TPSA) is 54.9 Å². The van der Waals surface area contributed by atoms with Gasteiger partial charge in [0.05, 0.1) is 0 Å². The summed E-state index contributed by atoms with van der Waals surface area (Å²) in [6.45, 7) is 2.73. The van der Waals surface area contributed by atoms with E-state index in [1.54, 1.807) is 6.26 Å². The van der Waals surface area contributed by atoms with Crippen molar-refractivity contribution in [2.24, 2.45) is 0 Å². The Morgan fingerprint density at radius 1 is 1.50 bits per heavy atom. The number of rotatable bonds is 5. The molecule has 1 atom stereocenters. The molecule has 1 rings (SSSR count). The molecule has 0 spiro atoms. The molecule has 4 nitrogen and oxygen atoms in total. The molecular formula is C9H15N3OS. The van der Waals surface area contributed by atoms with Crippen LogP contribution in [0.3, 0.4) is 0 Å². The van der Waals surface area contributed by atoms with E-state index in [4.69, 9.17) is 0 Å². The highest BCUT2D eigenvalue weighted by molar-refractivity contribution is 7.84. The lowest BCUT2D eigenvalue weighted by atomic mass is 10.4. The van der Waals surface area contributed by atoms with Crippen molar-refractivity contribution in [3.05, 3.63) is 18.1 Å². The number of hydrogen-bond donors (Lipinski definition) is 1. The first-order valence-electron chi connectivity index (χ1n) is 4.51. The number of anilines is 1. The van der Waals surface area contributed by atoms with Gasteiger partial charge in [-0.3, -0.25) is 4.21 Å². The largest absolute Gasteiger partial charge is 0.370 e. The van der Waals surface area contributed by atoms with Crippen LogP contribution >= 0.6 is 0 Å². The van der Waals surface area contributed by atoms with Crippen molar-refractivity contribution >= 4 is 16.6 Å². The van der Waals surface area contributed by atoms with E-state index in [1.165, 1.54) is 6.33 Å². The average Bonchev–Trinajstić information content (AvgIpc) is 2.12. The molecule has 5 heteroatoms. The molecule has 0 radical (unpaired) electrons. The van der Waals surface area contributed by atoms with Gasteiger partial charge in [-0.25, -0.2) is 9.97 Å². The van der Waals surface area contributed by atoms with Crippen LogP contribution in [0.25, 0.3) is 0 Å². The van der Waals surface area contributed by atoms with Crippen molar-refractivity contribution in [1.82, 2.24) is 9.97 Å². The van der Waals surface area contributed by atoms with Crippen LogP contribution in [-0.2, 0) is 10.8 Å². The first kappa shape index (κ1) is 11.1. The van der Waals surface area contributed by atoms with E-state index in [2.05, 4.69) is 15.3 Å². The predicted octanol–water partition coefficient (Wildman–Crippen LogP) is 0.966. The second-order valence-corrected chi connectivity index (χ2v) is 4.66. The van der Waals surface area contributed by atoms with Gasteiger partial charge in [0.25, 0.3) is 0 Å². The third kappa shape index (κ3) is 4.32. The molecule has 0 saturated heterocycles. The van der Waals surface area contributed by atoms with Crippen LogP contribution in [0, 0.1) is 6.92 Å². The van der Waals surface area contributed by atoms with E-state index in [0.717, 1.165) is 30.2 Å². The Morgan fingerprint density at radius 3 is 2.93 bits per heavy atom. The molecule has 0 saturated carbocycles. The summed E-state index contributed by atoms with van der Waals surface area (Å²) >= 11 is 0. The van der Waals surface area contributed by atoms with Crippen molar-refractivity contribution < 1.29 is 4.21 Å². The van der Waals surface area contributed by atoms with Crippen molar-refractivity contribution in [3.63, 3.8) is 0 Å². The van der Waals surface area contributed by atoms with E-state index in [9.17, 15) is 4.21 Å². The Bertz CT molecular complexity index is 317. The van der Waals surface area contributed by atoms with Gasteiger partial charge in [0.15, 0.2) is 0 Å². The van der Waals surface area contributed by atoms with Gasteiger partial charge < -0.3 is 5.32 Å². The third-order valence-corrected chi connectivity index (χ3v) is 2.58. The lowest BCUT2D eigenvalue weighted by Gasteiger charge is -2.04. The van der Waals surface area contributed by atoms with Crippen molar-refractivity contribution in [1.29, 1.82) is 0 Å². The Kier molecular flexibility index (Phi) is 4.52.